The normalized spacial score (nSPS) is 21.9. The summed E-state index contributed by atoms with van der Waals surface area (Å²) in [5.41, 5.74) is 1.76. The molecule has 0 spiro atoms. The lowest BCUT2D eigenvalue weighted by Gasteiger charge is -2.32. The number of carboxylic acids is 1. The van der Waals surface area contributed by atoms with E-state index < -0.39 is 11.6 Å². The summed E-state index contributed by atoms with van der Waals surface area (Å²) in [7, 11) is 0. The lowest BCUT2D eigenvalue weighted by Crippen LogP contribution is -2.34. The molecule has 0 amide bonds. The number of carbonyl (C=O) groups is 1. The number of hydrogen-bond acceptors (Lipinski definition) is 2. The Hall–Kier alpha value is -1.23. The molecule has 4 nitrogen and oxygen atoms in total. The van der Waals surface area contributed by atoms with Gasteiger partial charge in [-0.15, -0.1) is 0 Å². The molecule has 1 aromatic heterocycles. The number of rotatable bonds is 2. The highest BCUT2D eigenvalue weighted by Crippen LogP contribution is 2.41. The molecule has 1 aliphatic rings. The third-order valence-electron chi connectivity index (χ3n) is 3.71. The van der Waals surface area contributed by atoms with Gasteiger partial charge in [-0.3, -0.25) is 4.79 Å². The molecular formula is C14H13Cl2NO3. The van der Waals surface area contributed by atoms with Crippen LogP contribution in [0.3, 0.4) is 0 Å². The number of ether oxygens (including phenoxy) is 1. The van der Waals surface area contributed by atoms with E-state index in [1.54, 1.807) is 19.1 Å². The molecule has 2 N–H and O–H groups in total. The summed E-state index contributed by atoms with van der Waals surface area (Å²) in [6.45, 7) is 2.26. The van der Waals surface area contributed by atoms with Crippen LogP contribution >= 0.6 is 23.2 Å². The Morgan fingerprint density at radius 1 is 1.50 bits per heavy atom. The van der Waals surface area contributed by atoms with Crippen molar-refractivity contribution in [1.82, 2.24) is 4.98 Å². The Bertz CT molecular complexity index is 710. The summed E-state index contributed by atoms with van der Waals surface area (Å²) >= 11 is 12.3. The van der Waals surface area contributed by atoms with E-state index in [-0.39, 0.29) is 6.42 Å². The molecule has 1 atom stereocenters. The van der Waals surface area contributed by atoms with E-state index in [2.05, 4.69) is 4.98 Å². The van der Waals surface area contributed by atoms with Gasteiger partial charge in [-0.1, -0.05) is 23.2 Å². The highest BCUT2D eigenvalue weighted by atomic mass is 35.5. The third kappa shape index (κ3) is 2.08. The topological polar surface area (TPSA) is 62.3 Å². The molecule has 2 heterocycles. The van der Waals surface area contributed by atoms with Crippen molar-refractivity contribution in [3.63, 3.8) is 0 Å². The van der Waals surface area contributed by atoms with Crippen molar-refractivity contribution in [3.05, 3.63) is 33.4 Å². The molecule has 20 heavy (non-hydrogen) atoms. The van der Waals surface area contributed by atoms with Crippen LogP contribution in [0.1, 0.15) is 24.6 Å². The zero-order valence-electron chi connectivity index (χ0n) is 10.8. The van der Waals surface area contributed by atoms with Crippen LogP contribution in [-0.2, 0) is 21.6 Å². The molecule has 0 fully saturated rings. The molecule has 1 unspecified atom stereocenters. The highest BCUT2D eigenvalue weighted by molar-refractivity contribution is 6.38. The SMILES string of the molecule is CC1(CC(=O)O)OCCc2c1[nH]c1cc(Cl)cc(Cl)c21. The Morgan fingerprint density at radius 2 is 2.25 bits per heavy atom. The lowest BCUT2D eigenvalue weighted by molar-refractivity contribution is -0.146. The number of hydrogen-bond donors (Lipinski definition) is 2. The monoisotopic (exact) mass is 313 g/mol. The van der Waals surface area contributed by atoms with Crippen LogP contribution in [0.25, 0.3) is 10.9 Å². The van der Waals surface area contributed by atoms with Crippen LogP contribution in [0, 0.1) is 0 Å². The van der Waals surface area contributed by atoms with Crippen molar-refractivity contribution < 1.29 is 14.6 Å². The largest absolute Gasteiger partial charge is 0.481 e. The lowest BCUT2D eigenvalue weighted by atomic mass is 9.90. The predicted molar refractivity (Wildman–Crippen MR) is 77.6 cm³/mol. The number of aromatic nitrogens is 1. The van der Waals surface area contributed by atoms with Crippen LogP contribution in [0.2, 0.25) is 10.0 Å². The van der Waals surface area contributed by atoms with Crippen molar-refractivity contribution in [2.24, 2.45) is 0 Å². The molecule has 2 aromatic rings. The van der Waals surface area contributed by atoms with Gasteiger partial charge in [0.1, 0.15) is 5.60 Å². The number of benzene rings is 1. The van der Waals surface area contributed by atoms with Gasteiger partial charge in [0.2, 0.25) is 0 Å². The number of halogens is 2. The Balaban J connectivity index is 2.25. The second kappa shape index (κ2) is 4.65. The Morgan fingerprint density at radius 3 is 2.95 bits per heavy atom. The maximum atomic E-state index is 11.1. The number of carboxylic acid groups (broad SMARTS) is 1. The van der Waals surface area contributed by atoms with E-state index in [0.29, 0.717) is 23.1 Å². The highest BCUT2D eigenvalue weighted by Gasteiger charge is 2.38. The maximum absolute atomic E-state index is 11.1. The van der Waals surface area contributed by atoms with Crippen molar-refractivity contribution >= 4 is 40.1 Å². The number of fused-ring (bicyclic) bond motifs is 3. The van der Waals surface area contributed by atoms with Gasteiger partial charge in [0.25, 0.3) is 0 Å². The van der Waals surface area contributed by atoms with Gasteiger partial charge in [-0.05, 0) is 31.0 Å². The molecule has 1 aromatic carbocycles. The molecule has 1 aliphatic heterocycles. The average molecular weight is 314 g/mol. The van der Waals surface area contributed by atoms with Gasteiger partial charge in [0.15, 0.2) is 0 Å². The second-order valence-electron chi connectivity index (χ2n) is 5.19. The zero-order valence-corrected chi connectivity index (χ0v) is 12.3. The van der Waals surface area contributed by atoms with E-state index in [0.717, 1.165) is 22.2 Å². The molecule has 0 aliphatic carbocycles. The summed E-state index contributed by atoms with van der Waals surface area (Å²) in [6, 6.07) is 3.49. The predicted octanol–water partition coefficient (Wildman–Crippen LogP) is 3.74. The van der Waals surface area contributed by atoms with Gasteiger partial charge in [-0.2, -0.15) is 0 Å². The van der Waals surface area contributed by atoms with Crippen LogP contribution in [0.4, 0.5) is 0 Å². The molecule has 0 radical (unpaired) electrons. The van der Waals surface area contributed by atoms with E-state index >= 15 is 0 Å². The number of aliphatic carboxylic acids is 1. The fourth-order valence-electron chi connectivity index (χ4n) is 2.89. The number of H-pyrrole nitrogens is 1. The van der Waals surface area contributed by atoms with Crippen molar-refractivity contribution in [2.45, 2.75) is 25.4 Å². The quantitative estimate of drug-likeness (QED) is 0.887. The van der Waals surface area contributed by atoms with Crippen LogP contribution in [0.5, 0.6) is 0 Å². The van der Waals surface area contributed by atoms with Crippen molar-refractivity contribution in [2.75, 3.05) is 6.61 Å². The van der Waals surface area contributed by atoms with Gasteiger partial charge in [-0.25, -0.2) is 0 Å². The molecule has 0 saturated carbocycles. The Kier molecular flexibility index (Phi) is 3.20. The molecule has 106 valence electrons. The standard InChI is InChI=1S/C14H13Cl2NO3/c1-14(6-11(18)19)13-8(2-3-20-14)12-9(16)4-7(15)5-10(12)17-13/h4-5,17H,2-3,6H2,1H3,(H,18,19). The summed E-state index contributed by atoms with van der Waals surface area (Å²) in [5, 5.41) is 11.1. The molecule has 3 rings (SSSR count). The van der Waals surface area contributed by atoms with Crippen LogP contribution < -0.4 is 0 Å². The fourth-order valence-corrected chi connectivity index (χ4v) is 3.50. The molecule has 6 heteroatoms. The minimum absolute atomic E-state index is 0.0990. The second-order valence-corrected chi connectivity index (χ2v) is 6.03. The fraction of sp³-hybridized carbons (Fsp3) is 0.357. The number of aromatic amines is 1. The van der Waals surface area contributed by atoms with E-state index in [4.69, 9.17) is 33.0 Å². The molecular weight excluding hydrogens is 301 g/mol. The average Bonchev–Trinajstić information content (AvgIpc) is 2.67. The Labute approximate surface area is 125 Å². The first-order valence-electron chi connectivity index (χ1n) is 6.26. The van der Waals surface area contributed by atoms with Gasteiger partial charge >= 0.3 is 5.97 Å². The minimum atomic E-state index is -0.900. The van der Waals surface area contributed by atoms with Gasteiger partial charge in [0.05, 0.1) is 23.7 Å². The smallest absolute Gasteiger partial charge is 0.306 e. The van der Waals surface area contributed by atoms with E-state index in [1.165, 1.54) is 0 Å². The van der Waals surface area contributed by atoms with Crippen molar-refractivity contribution in [1.29, 1.82) is 0 Å². The summed E-state index contributed by atoms with van der Waals surface area (Å²) in [6.07, 6.45) is 0.601. The first kappa shape index (κ1) is 13.7. The number of nitrogens with one attached hydrogen (secondary N) is 1. The van der Waals surface area contributed by atoms with Crippen LogP contribution in [0.15, 0.2) is 12.1 Å². The first-order valence-corrected chi connectivity index (χ1v) is 7.02. The molecule has 0 bridgehead atoms. The van der Waals surface area contributed by atoms with Gasteiger partial charge in [0, 0.05) is 15.9 Å². The third-order valence-corrected chi connectivity index (χ3v) is 4.22. The summed E-state index contributed by atoms with van der Waals surface area (Å²) in [4.78, 5) is 14.3. The first-order chi connectivity index (χ1) is 9.40. The maximum Gasteiger partial charge on any atom is 0.306 e. The van der Waals surface area contributed by atoms with Crippen LogP contribution in [-0.4, -0.2) is 22.7 Å². The van der Waals surface area contributed by atoms with E-state index in [1.807, 2.05) is 0 Å². The van der Waals surface area contributed by atoms with Gasteiger partial charge < -0.3 is 14.8 Å². The summed E-state index contributed by atoms with van der Waals surface area (Å²) < 4.78 is 5.71. The van der Waals surface area contributed by atoms with E-state index in [9.17, 15) is 4.79 Å². The minimum Gasteiger partial charge on any atom is -0.481 e. The van der Waals surface area contributed by atoms with Crippen molar-refractivity contribution in [3.8, 4) is 0 Å². The zero-order chi connectivity index (χ0) is 14.5. The molecule has 0 saturated heterocycles. The summed E-state index contributed by atoms with van der Waals surface area (Å²) in [5.74, 6) is -0.900.